The molecule has 0 aromatic heterocycles. The number of rotatable bonds is 79. The van der Waals surface area contributed by atoms with Crippen LogP contribution in [0.5, 0.6) is 0 Å². The lowest BCUT2D eigenvalue weighted by Crippen LogP contribution is -2.30. The number of carbonyl (C=O) groups excluding carboxylic acids is 4. The number of aliphatic hydroxyl groups is 1. The van der Waals surface area contributed by atoms with E-state index in [1.165, 1.54) is 238 Å². The molecule has 0 fully saturated rings. The second kappa shape index (κ2) is 71.7. The van der Waals surface area contributed by atoms with Gasteiger partial charge in [-0.05, 0) is 37.5 Å². The quantitative estimate of drug-likeness (QED) is 0.0222. The van der Waals surface area contributed by atoms with Gasteiger partial charge in [-0.2, -0.15) is 0 Å². The van der Waals surface area contributed by atoms with Crippen LogP contribution in [0.2, 0.25) is 0 Å². The molecular weight excluding hydrogens is 1290 g/mol. The summed E-state index contributed by atoms with van der Waals surface area (Å²) in [5.41, 5.74) is 0. The zero-order valence-corrected chi connectivity index (χ0v) is 66.6. The maximum absolute atomic E-state index is 13.1. The van der Waals surface area contributed by atoms with Crippen molar-refractivity contribution >= 4 is 39.5 Å². The van der Waals surface area contributed by atoms with E-state index in [2.05, 4.69) is 41.5 Å². The number of esters is 4. The third-order valence-electron chi connectivity index (χ3n) is 18.7. The molecule has 0 saturated carbocycles. The first-order valence-corrected chi connectivity index (χ1v) is 44.5. The first-order chi connectivity index (χ1) is 47.9. The Labute approximate surface area is 607 Å². The summed E-state index contributed by atoms with van der Waals surface area (Å²) in [6, 6.07) is 0. The fourth-order valence-electron chi connectivity index (χ4n) is 12.4. The number of carbonyl (C=O) groups is 4. The van der Waals surface area contributed by atoms with E-state index in [-0.39, 0.29) is 25.7 Å². The summed E-state index contributed by atoms with van der Waals surface area (Å²) >= 11 is 0. The summed E-state index contributed by atoms with van der Waals surface area (Å²) in [6.07, 6.45) is 61.3. The lowest BCUT2D eigenvalue weighted by molar-refractivity contribution is -0.161. The molecule has 2 unspecified atom stereocenters. The van der Waals surface area contributed by atoms with Crippen molar-refractivity contribution in [3.05, 3.63) is 0 Å². The van der Waals surface area contributed by atoms with Gasteiger partial charge in [0.25, 0.3) is 0 Å². The summed E-state index contributed by atoms with van der Waals surface area (Å²) in [4.78, 5) is 72.9. The lowest BCUT2D eigenvalue weighted by Gasteiger charge is -2.21. The molecule has 19 heteroatoms. The molecule has 17 nitrogen and oxygen atoms in total. The topological polar surface area (TPSA) is 237 Å². The molecule has 99 heavy (non-hydrogen) atoms. The van der Waals surface area contributed by atoms with Crippen molar-refractivity contribution in [1.29, 1.82) is 0 Å². The average molecular weight is 1450 g/mol. The minimum absolute atomic E-state index is 0.104. The molecule has 0 amide bonds. The third-order valence-corrected chi connectivity index (χ3v) is 20.6. The Morgan fingerprint density at radius 3 is 0.687 bits per heavy atom. The van der Waals surface area contributed by atoms with Crippen molar-refractivity contribution in [2.75, 3.05) is 39.6 Å². The molecule has 0 radical (unpaired) electrons. The summed E-state index contributed by atoms with van der Waals surface area (Å²) in [5, 5.41) is 10.6. The Bertz CT molecular complexity index is 1910. The van der Waals surface area contributed by atoms with E-state index in [0.717, 1.165) is 95.8 Å². The number of phosphoric acid groups is 2. The van der Waals surface area contributed by atoms with Crippen LogP contribution in [0.25, 0.3) is 0 Å². The van der Waals surface area contributed by atoms with Gasteiger partial charge < -0.3 is 33.8 Å². The van der Waals surface area contributed by atoms with Crippen molar-refractivity contribution in [3.63, 3.8) is 0 Å². The number of ether oxygens (including phenoxy) is 4. The Kier molecular flexibility index (Phi) is 70.3. The molecule has 0 rings (SSSR count). The summed E-state index contributed by atoms with van der Waals surface area (Å²) < 4.78 is 68.6. The van der Waals surface area contributed by atoms with Gasteiger partial charge in [0, 0.05) is 25.7 Å². The maximum Gasteiger partial charge on any atom is 0.472 e. The molecule has 0 heterocycles. The number of hydrogen-bond donors (Lipinski definition) is 3. The van der Waals surface area contributed by atoms with Crippen molar-refractivity contribution in [2.24, 2.45) is 11.8 Å². The van der Waals surface area contributed by atoms with E-state index in [9.17, 15) is 43.2 Å². The normalized spacial score (nSPS) is 13.9. The van der Waals surface area contributed by atoms with Gasteiger partial charge in [-0.25, -0.2) is 9.13 Å². The van der Waals surface area contributed by atoms with Crippen LogP contribution in [0.1, 0.15) is 420 Å². The highest BCUT2D eigenvalue weighted by Gasteiger charge is 2.30. The monoisotopic (exact) mass is 1450 g/mol. The van der Waals surface area contributed by atoms with Crippen molar-refractivity contribution in [2.45, 2.75) is 439 Å². The molecule has 0 bridgehead atoms. The standard InChI is InChI=1S/C80H156O17P2/c1-7-9-11-13-15-17-19-20-21-22-23-24-25-30-33-36-40-46-52-58-64-79(84)96-75(68-91-78(83)63-57-51-45-39-35-32-29-27-26-28-31-34-37-42-48-54-60-72(3)4)70-94-98(86,87)92-66-74(81)67-93-99(88,89)95-71-76(97-80(85)65-59-53-47-41-43-49-55-61-73(5)6)69-90-77(82)62-56-50-44-38-18-16-14-12-10-8-2/h72-76,81H,7-71H2,1-6H3,(H,86,87)(H,88,89)/t74-,75-,76-/m1/s1. The van der Waals surface area contributed by atoms with E-state index in [4.69, 9.17) is 37.0 Å². The Balaban J connectivity index is 5.19. The fraction of sp³-hybridized carbons (Fsp3) is 0.950. The highest BCUT2D eigenvalue weighted by molar-refractivity contribution is 7.47. The molecule has 3 N–H and O–H groups in total. The van der Waals surface area contributed by atoms with Crippen molar-refractivity contribution < 1.29 is 80.2 Å². The number of phosphoric ester groups is 2. The molecule has 588 valence electrons. The molecular formula is C80H156O17P2. The van der Waals surface area contributed by atoms with Gasteiger partial charge in [-0.3, -0.25) is 37.3 Å². The second-order valence-electron chi connectivity index (χ2n) is 29.8. The molecule has 0 aliphatic carbocycles. The summed E-state index contributed by atoms with van der Waals surface area (Å²) in [6.45, 7) is 9.58. The van der Waals surface area contributed by atoms with Crippen LogP contribution >= 0.6 is 15.6 Å². The summed E-state index contributed by atoms with van der Waals surface area (Å²) in [5.74, 6) is -0.605. The molecule has 0 saturated heterocycles. The van der Waals surface area contributed by atoms with Crippen LogP contribution in [0, 0.1) is 11.8 Å². The van der Waals surface area contributed by atoms with Crippen LogP contribution in [-0.4, -0.2) is 96.7 Å². The number of unbranched alkanes of at least 4 members (excludes halogenated alkanes) is 49. The highest BCUT2D eigenvalue weighted by Crippen LogP contribution is 2.45. The number of aliphatic hydroxyl groups excluding tert-OH is 1. The van der Waals surface area contributed by atoms with E-state index >= 15 is 0 Å². The molecule has 0 spiro atoms. The van der Waals surface area contributed by atoms with E-state index in [1.807, 2.05) is 0 Å². The van der Waals surface area contributed by atoms with Gasteiger partial charge in [0.1, 0.15) is 19.3 Å². The van der Waals surface area contributed by atoms with Gasteiger partial charge in [0.05, 0.1) is 26.4 Å². The molecule has 0 aromatic rings. The lowest BCUT2D eigenvalue weighted by atomic mass is 10.0. The van der Waals surface area contributed by atoms with Crippen LogP contribution in [0.4, 0.5) is 0 Å². The summed E-state index contributed by atoms with van der Waals surface area (Å²) in [7, 11) is -9.91. The Morgan fingerprint density at radius 2 is 0.465 bits per heavy atom. The van der Waals surface area contributed by atoms with Gasteiger partial charge in [-0.15, -0.1) is 0 Å². The Morgan fingerprint density at radius 1 is 0.273 bits per heavy atom. The molecule has 5 atom stereocenters. The number of hydrogen-bond acceptors (Lipinski definition) is 15. The van der Waals surface area contributed by atoms with Crippen LogP contribution in [0.3, 0.4) is 0 Å². The van der Waals surface area contributed by atoms with E-state index in [1.54, 1.807) is 0 Å². The second-order valence-corrected chi connectivity index (χ2v) is 32.7. The third kappa shape index (κ3) is 74.1. The molecule has 0 aromatic carbocycles. The minimum atomic E-state index is -4.96. The average Bonchev–Trinajstić information content (AvgIpc) is 1.06. The fourth-order valence-corrected chi connectivity index (χ4v) is 13.9. The molecule has 0 aliphatic rings. The molecule has 0 aliphatic heterocycles. The smallest absolute Gasteiger partial charge is 0.462 e. The predicted octanol–water partition coefficient (Wildman–Crippen LogP) is 23.9. The first kappa shape index (κ1) is 97.1. The largest absolute Gasteiger partial charge is 0.472 e. The van der Waals surface area contributed by atoms with E-state index < -0.39 is 97.5 Å². The van der Waals surface area contributed by atoms with Crippen LogP contribution < -0.4 is 0 Å². The van der Waals surface area contributed by atoms with E-state index in [0.29, 0.717) is 31.6 Å². The van der Waals surface area contributed by atoms with Gasteiger partial charge in [0.2, 0.25) is 0 Å². The zero-order chi connectivity index (χ0) is 72.8. The zero-order valence-electron chi connectivity index (χ0n) is 64.8. The SMILES string of the molecule is CCCCCCCCCCCCCCCCCCCCCCC(=O)O[C@H](COC(=O)CCCCCCCCCCCCCCCCCCC(C)C)COP(=O)(O)OC[C@@H](O)COP(=O)(O)OC[C@@H](COC(=O)CCCCCCCCCCCC)OC(=O)CCCCCCCCCC(C)C. The van der Waals surface area contributed by atoms with Crippen molar-refractivity contribution in [1.82, 2.24) is 0 Å². The minimum Gasteiger partial charge on any atom is -0.462 e. The Hall–Kier alpha value is -1.94. The van der Waals surface area contributed by atoms with Crippen molar-refractivity contribution in [3.8, 4) is 0 Å². The van der Waals surface area contributed by atoms with Gasteiger partial charge in [0.15, 0.2) is 12.2 Å². The first-order valence-electron chi connectivity index (χ1n) is 41.5. The van der Waals surface area contributed by atoms with Crippen LogP contribution in [-0.2, 0) is 65.4 Å². The highest BCUT2D eigenvalue weighted by atomic mass is 31.2. The van der Waals surface area contributed by atoms with Gasteiger partial charge >= 0.3 is 39.5 Å². The maximum atomic E-state index is 13.1. The predicted molar refractivity (Wildman–Crippen MR) is 405 cm³/mol. The van der Waals surface area contributed by atoms with Crippen LogP contribution in [0.15, 0.2) is 0 Å². The van der Waals surface area contributed by atoms with Gasteiger partial charge in [-0.1, -0.05) is 369 Å².